The SMILES string of the molecule is CC(C)NC(=O)NS(=O)(=O)c1cc(N)ccc1Br. The highest BCUT2D eigenvalue weighted by Crippen LogP contribution is 2.23. The normalized spacial score (nSPS) is 11.3. The molecule has 1 aromatic carbocycles. The van der Waals surface area contributed by atoms with Crippen molar-refractivity contribution >= 4 is 37.7 Å². The largest absolute Gasteiger partial charge is 0.399 e. The van der Waals surface area contributed by atoms with E-state index in [1.54, 1.807) is 19.9 Å². The molecule has 0 aliphatic carbocycles. The monoisotopic (exact) mass is 335 g/mol. The van der Waals surface area contributed by atoms with Crippen molar-refractivity contribution in [3.05, 3.63) is 22.7 Å². The molecule has 100 valence electrons. The van der Waals surface area contributed by atoms with Gasteiger partial charge in [-0.2, -0.15) is 0 Å². The third kappa shape index (κ3) is 3.88. The van der Waals surface area contributed by atoms with Gasteiger partial charge in [0.1, 0.15) is 4.90 Å². The Labute approximate surface area is 114 Å². The van der Waals surface area contributed by atoms with Gasteiger partial charge >= 0.3 is 6.03 Å². The van der Waals surface area contributed by atoms with Crippen molar-refractivity contribution in [2.45, 2.75) is 24.8 Å². The number of anilines is 1. The molecule has 1 rings (SSSR count). The molecule has 0 atom stereocenters. The van der Waals surface area contributed by atoms with Crippen LogP contribution in [0.25, 0.3) is 0 Å². The summed E-state index contributed by atoms with van der Waals surface area (Å²) in [6, 6.07) is 3.39. The summed E-state index contributed by atoms with van der Waals surface area (Å²) in [6.07, 6.45) is 0. The Bertz CT molecular complexity index is 557. The molecular weight excluding hydrogens is 322 g/mol. The fourth-order valence-corrected chi connectivity index (χ4v) is 3.11. The number of benzene rings is 1. The molecule has 0 saturated heterocycles. The topological polar surface area (TPSA) is 101 Å². The van der Waals surface area contributed by atoms with Gasteiger partial charge in [0.15, 0.2) is 0 Å². The molecule has 0 saturated carbocycles. The summed E-state index contributed by atoms with van der Waals surface area (Å²) in [4.78, 5) is 11.3. The van der Waals surface area contributed by atoms with Crippen LogP contribution in [0.5, 0.6) is 0 Å². The van der Waals surface area contributed by atoms with Crippen LogP contribution in [-0.2, 0) is 10.0 Å². The van der Waals surface area contributed by atoms with E-state index in [0.29, 0.717) is 10.2 Å². The number of rotatable bonds is 3. The maximum absolute atomic E-state index is 11.9. The lowest BCUT2D eigenvalue weighted by Gasteiger charge is -2.12. The smallest absolute Gasteiger partial charge is 0.328 e. The quantitative estimate of drug-likeness (QED) is 0.727. The number of nitrogen functional groups attached to an aromatic ring is 1. The first-order valence-electron chi connectivity index (χ1n) is 5.10. The molecule has 0 bridgehead atoms. The minimum absolute atomic E-state index is 0.0820. The number of urea groups is 1. The fourth-order valence-electron chi connectivity index (χ4n) is 1.19. The Morgan fingerprint density at radius 3 is 2.56 bits per heavy atom. The van der Waals surface area contributed by atoms with Crippen LogP contribution in [0, 0.1) is 0 Å². The second-order valence-corrected chi connectivity index (χ2v) is 6.43. The number of hydrogen-bond donors (Lipinski definition) is 3. The number of halogens is 1. The summed E-state index contributed by atoms with van der Waals surface area (Å²) in [5.41, 5.74) is 5.82. The van der Waals surface area contributed by atoms with E-state index in [9.17, 15) is 13.2 Å². The number of nitrogens with two attached hydrogens (primary N) is 1. The van der Waals surface area contributed by atoms with Gasteiger partial charge in [-0.15, -0.1) is 0 Å². The van der Waals surface area contributed by atoms with Crippen molar-refractivity contribution in [1.82, 2.24) is 10.0 Å². The number of hydrogen-bond acceptors (Lipinski definition) is 4. The van der Waals surface area contributed by atoms with Gasteiger partial charge in [-0.3, -0.25) is 0 Å². The first-order valence-corrected chi connectivity index (χ1v) is 7.38. The third-order valence-electron chi connectivity index (χ3n) is 1.89. The van der Waals surface area contributed by atoms with Gasteiger partial charge in [-0.25, -0.2) is 17.9 Å². The highest BCUT2D eigenvalue weighted by Gasteiger charge is 2.20. The minimum atomic E-state index is -3.95. The van der Waals surface area contributed by atoms with Crippen molar-refractivity contribution in [2.24, 2.45) is 0 Å². The summed E-state index contributed by atoms with van der Waals surface area (Å²) in [5.74, 6) is 0. The van der Waals surface area contributed by atoms with Crippen molar-refractivity contribution in [3.63, 3.8) is 0 Å². The molecule has 0 aliphatic heterocycles. The number of carbonyl (C=O) groups excluding carboxylic acids is 1. The van der Waals surface area contributed by atoms with Crippen LogP contribution in [0.15, 0.2) is 27.6 Å². The van der Waals surface area contributed by atoms with Gasteiger partial charge in [0.05, 0.1) is 0 Å². The lowest BCUT2D eigenvalue weighted by molar-refractivity contribution is 0.243. The van der Waals surface area contributed by atoms with Crippen LogP contribution in [0.3, 0.4) is 0 Å². The van der Waals surface area contributed by atoms with Crippen LogP contribution in [0.2, 0.25) is 0 Å². The molecular formula is C10H14BrN3O3S. The van der Waals surface area contributed by atoms with Crippen LogP contribution in [-0.4, -0.2) is 20.5 Å². The van der Waals surface area contributed by atoms with Crippen LogP contribution in [0.1, 0.15) is 13.8 Å². The van der Waals surface area contributed by atoms with E-state index in [1.807, 2.05) is 4.72 Å². The summed E-state index contributed by atoms with van der Waals surface area (Å²) >= 11 is 3.10. The second-order valence-electron chi connectivity index (χ2n) is 3.92. The Hall–Kier alpha value is -1.28. The van der Waals surface area contributed by atoms with E-state index in [0.717, 1.165) is 0 Å². The molecule has 4 N–H and O–H groups in total. The molecule has 0 heterocycles. The van der Waals surface area contributed by atoms with E-state index in [2.05, 4.69) is 21.2 Å². The number of carbonyl (C=O) groups is 1. The first-order chi connectivity index (χ1) is 8.22. The Balaban J connectivity index is 3.00. The molecule has 0 aromatic heterocycles. The predicted molar refractivity (Wildman–Crippen MR) is 72.5 cm³/mol. The van der Waals surface area contributed by atoms with E-state index in [4.69, 9.17) is 5.73 Å². The molecule has 6 nitrogen and oxygen atoms in total. The zero-order valence-electron chi connectivity index (χ0n) is 9.90. The number of nitrogens with one attached hydrogen (secondary N) is 2. The van der Waals surface area contributed by atoms with Crippen LogP contribution < -0.4 is 15.8 Å². The van der Waals surface area contributed by atoms with E-state index in [1.165, 1.54) is 12.1 Å². The lowest BCUT2D eigenvalue weighted by Crippen LogP contribution is -2.42. The van der Waals surface area contributed by atoms with Crippen molar-refractivity contribution < 1.29 is 13.2 Å². The summed E-state index contributed by atoms with van der Waals surface area (Å²) < 4.78 is 26.1. The summed E-state index contributed by atoms with van der Waals surface area (Å²) in [7, 11) is -3.95. The zero-order valence-corrected chi connectivity index (χ0v) is 12.3. The van der Waals surface area contributed by atoms with Crippen LogP contribution >= 0.6 is 15.9 Å². The second kappa shape index (κ2) is 5.57. The summed E-state index contributed by atoms with van der Waals surface area (Å²) in [6.45, 7) is 3.45. The maximum Gasteiger partial charge on any atom is 0.328 e. The van der Waals surface area contributed by atoms with E-state index in [-0.39, 0.29) is 10.9 Å². The van der Waals surface area contributed by atoms with Crippen molar-refractivity contribution in [1.29, 1.82) is 0 Å². The van der Waals surface area contributed by atoms with Gasteiger partial charge in [0.2, 0.25) is 0 Å². The Kier molecular flexibility index (Phi) is 4.58. The van der Waals surface area contributed by atoms with Gasteiger partial charge in [0, 0.05) is 16.2 Å². The number of sulfonamides is 1. The molecule has 2 amide bonds. The average Bonchev–Trinajstić information content (AvgIpc) is 2.19. The molecule has 1 aromatic rings. The molecule has 0 unspecified atom stereocenters. The Morgan fingerprint density at radius 1 is 1.39 bits per heavy atom. The maximum atomic E-state index is 11.9. The number of amides is 2. The summed E-state index contributed by atoms with van der Waals surface area (Å²) in [5, 5.41) is 2.43. The van der Waals surface area contributed by atoms with E-state index < -0.39 is 16.1 Å². The van der Waals surface area contributed by atoms with E-state index >= 15 is 0 Å². The molecule has 18 heavy (non-hydrogen) atoms. The molecule has 0 fully saturated rings. The average molecular weight is 336 g/mol. The first kappa shape index (κ1) is 14.8. The molecule has 0 spiro atoms. The highest BCUT2D eigenvalue weighted by molar-refractivity contribution is 9.10. The standard InChI is InChI=1S/C10H14BrN3O3S/c1-6(2)13-10(15)14-18(16,17)9-5-7(12)3-4-8(9)11/h3-6H,12H2,1-2H3,(H2,13,14,15). The third-order valence-corrected chi connectivity index (χ3v) is 4.22. The lowest BCUT2D eigenvalue weighted by atomic mass is 10.3. The highest BCUT2D eigenvalue weighted by atomic mass is 79.9. The van der Waals surface area contributed by atoms with Gasteiger partial charge in [0.25, 0.3) is 10.0 Å². The zero-order chi connectivity index (χ0) is 13.9. The molecule has 0 radical (unpaired) electrons. The fraction of sp³-hybridized carbons (Fsp3) is 0.300. The predicted octanol–water partition coefficient (Wildman–Crippen LogP) is 1.43. The Morgan fingerprint density at radius 2 is 2.00 bits per heavy atom. The van der Waals surface area contributed by atoms with Gasteiger partial charge in [-0.05, 0) is 48.0 Å². The van der Waals surface area contributed by atoms with Gasteiger partial charge in [-0.1, -0.05) is 0 Å². The minimum Gasteiger partial charge on any atom is -0.399 e. The van der Waals surface area contributed by atoms with Crippen molar-refractivity contribution in [2.75, 3.05) is 5.73 Å². The van der Waals surface area contributed by atoms with Gasteiger partial charge < -0.3 is 11.1 Å². The molecule has 0 aliphatic rings. The van der Waals surface area contributed by atoms with Crippen molar-refractivity contribution in [3.8, 4) is 0 Å². The molecule has 8 heteroatoms. The van der Waals surface area contributed by atoms with Crippen LogP contribution in [0.4, 0.5) is 10.5 Å².